The Morgan fingerprint density at radius 1 is 1.07 bits per heavy atom. The molecule has 2 saturated heterocycles. The van der Waals surface area contributed by atoms with Crippen molar-refractivity contribution in [1.82, 2.24) is 10.9 Å². The minimum absolute atomic E-state index is 0.290. The molecule has 3 rings (SSSR count). The molecule has 5 nitrogen and oxygen atoms in total. The topological polar surface area (TPSA) is 70.6 Å². The van der Waals surface area contributed by atoms with Crippen molar-refractivity contribution in [1.29, 1.82) is 0 Å². The van der Waals surface area contributed by atoms with Crippen molar-refractivity contribution in [3.63, 3.8) is 0 Å². The van der Waals surface area contributed by atoms with E-state index >= 15 is 0 Å². The van der Waals surface area contributed by atoms with E-state index < -0.39 is 5.97 Å². The van der Waals surface area contributed by atoms with Crippen molar-refractivity contribution < 1.29 is 14.6 Å². The average Bonchev–Trinajstić information content (AvgIpc) is 3.27. The Hall–Kier alpha value is -1.50. The Morgan fingerprint density at radius 2 is 1.79 bits per heavy atom. The lowest BCUT2D eigenvalue weighted by Gasteiger charge is -2.28. The van der Waals surface area contributed by atoms with Crippen LogP contribution < -0.4 is 10.9 Å². The monoisotopic (exact) mass is 404 g/mol. The number of hydrogen-bond donors (Lipinski definition) is 3. The summed E-state index contributed by atoms with van der Waals surface area (Å²) in [5.74, 6) is 0.449. The van der Waals surface area contributed by atoms with Crippen LogP contribution in [-0.4, -0.2) is 34.8 Å². The summed E-state index contributed by atoms with van der Waals surface area (Å²) in [6, 6.07) is 10.3. The summed E-state index contributed by atoms with van der Waals surface area (Å²) in [5, 5.41) is 8.71. The van der Waals surface area contributed by atoms with E-state index in [2.05, 4.69) is 23.0 Å². The largest absolute Gasteiger partial charge is 0.481 e. The second kappa shape index (κ2) is 10.9. The lowest BCUT2D eigenvalue weighted by atomic mass is 9.76. The molecule has 0 aromatic heterocycles. The smallest absolute Gasteiger partial charge is 0.303 e. The van der Waals surface area contributed by atoms with Gasteiger partial charge in [0.05, 0.1) is 17.2 Å². The van der Waals surface area contributed by atoms with Gasteiger partial charge in [0.2, 0.25) is 0 Å². The van der Waals surface area contributed by atoms with Crippen LogP contribution in [0.5, 0.6) is 0 Å². The Kier molecular flexibility index (Phi) is 8.25. The normalized spacial score (nSPS) is 25.7. The first kappa shape index (κ1) is 21.2. The zero-order chi connectivity index (χ0) is 19.8. The fraction of sp³-hybridized carbons (Fsp3) is 0.636. The van der Waals surface area contributed by atoms with Gasteiger partial charge in [-0.05, 0) is 37.2 Å². The number of nitrogens with one attached hydrogen (secondary N) is 2. The summed E-state index contributed by atoms with van der Waals surface area (Å²) in [5.41, 5.74) is 7.77. The van der Waals surface area contributed by atoms with Gasteiger partial charge in [-0.25, -0.2) is 5.43 Å². The number of fused-ring (bicyclic) bond motifs is 2. The van der Waals surface area contributed by atoms with Crippen LogP contribution in [0.15, 0.2) is 30.3 Å². The Bertz CT molecular complexity index is 640. The Labute approximate surface area is 173 Å². The summed E-state index contributed by atoms with van der Waals surface area (Å²) in [6.45, 7) is 0.875. The van der Waals surface area contributed by atoms with Gasteiger partial charge in [-0.2, -0.15) is 0 Å². The highest BCUT2D eigenvalue weighted by molar-refractivity contribution is 7.80. The molecule has 0 radical (unpaired) electrons. The number of benzene rings is 1. The van der Waals surface area contributed by atoms with E-state index in [4.69, 9.17) is 22.1 Å². The van der Waals surface area contributed by atoms with Gasteiger partial charge in [-0.1, -0.05) is 61.8 Å². The highest BCUT2D eigenvalue weighted by atomic mass is 32.1. The molecule has 6 heteroatoms. The summed E-state index contributed by atoms with van der Waals surface area (Å²) >= 11 is 5.45. The number of hydrazine groups is 1. The van der Waals surface area contributed by atoms with Crippen LogP contribution in [0.25, 0.3) is 0 Å². The van der Waals surface area contributed by atoms with E-state index in [9.17, 15) is 4.79 Å². The van der Waals surface area contributed by atoms with Gasteiger partial charge < -0.3 is 15.3 Å². The molecule has 2 fully saturated rings. The molecule has 4 atom stereocenters. The zero-order valence-corrected chi connectivity index (χ0v) is 17.3. The van der Waals surface area contributed by atoms with Crippen molar-refractivity contribution in [3.8, 4) is 0 Å². The molecule has 0 spiro atoms. The minimum atomic E-state index is -0.690. The second-order valence-electron chi connectivity index (χ2n) is 8.06. The van der Waals surface area contributed by atoms with Gasteiger partial charge in [0, 0.05) is 25.3 Å². The number of thiocarbonyl (C=S) groups is 1. The fourth-order valence-electron chi connectivity index (χ4n) is 4.66. The molecule has 4 unspecified atom stereocenters. The molecule has 154 valence electrons. The first-order chi connectivity index (χ1) is 13.6. The van der Waals surface area contributed by atoms with Crippen molar-refractivity contribution in [3.05, 3.63) is 35.9 Å². The number of ether oxygens (including phenoxy) is 1. The number of unbranched alkanes of at least 4 members (excludes halogenated alkanes) is 3. The summed E-state index contributed by atoms with van der Waals surface area (Å²) in [7, 11) is 0. The molecule has 2 heterocycles. The van der Waals surface area contributed by atoms with Crippen LogP contribution >= 0.6 is 12.2 Å². The van der Waals surface area contributed by atoms with E-state index in [-0.39, 0.29) is 0 Å². The lowest BCUT2D eigenvalue weighted by molar-refractivity contribution is -0.137. The van der Waals surface area contributed by atoms with E-state index in [0.29, 0.717) is 30.5 Å². The Morgan fingerprint density at radius 3 is 2.54 bits per heavy atom. The van der Waals surface area contributed by atoms with Crippen molar-refractivity contribution >= 4 is 23.2 Å². The maximum absolute atomic E-state index is 10.6. The molecular formula is C22H32N2O3S. The van der Waals surface area contributed by atoms with Gasteiger partial charge in [-0.15, -0.1) is 0 Å². The average molecular weight is 405 g/mol. The first-order valence-electron chi connectivity index (χ1n) is 10.6. The molecule has 0 amide bonds. The van der Waals surface area contributed by atoms with Crippen molar-refractivity contribution in [2.45, 2.75) is 70.0 Å². The minimum Gasteiger partial charge on any atom is -0.481 e. The molecule has 1 aromatic carbocycles. The predicted molar refractivity (Wildman–Crippen MR) is 114 cm³/mol. The Balaban J connectivity index is 1.36. The van der Waals surface area contributed by atoms with Crippen LogP contribution in [0.2, 0.25) is 0 Å². The number of aliphatic carboxylic acids is 1. The van der Waals surface area contributed by atoms with Gasteiger partial charge in [0.25, 0.3) is 0 Å². The maximum Gasteiger partial charge on any atom is 0.303 e. The zero-order valence-electron chi connectivity index (χ0n) is 16.4. The van der Waals surface area contributed by atoms with E-state index in [0.717, 1.165) is 43.6 Å². The number of rotatable bonds is 12. The maximum atomic E-state index is 10.6. The van der Waals surface area contributed by atoms with Crippen LogP contribution in [0.4, 0.5) is 0 Å². The molecule has 1 aromatic rings. The summed E-state index contributed by atoms with van der Waals surface area (Å²) < 4.78 is 6.18. The van der Waals surface area contributed by atoms with Crippen LogP contribution in [0.3, 0.4) is 0 Å². The van der Waals surface area contributed by atoms with Crippen molar-refractivity contribution in [2.24, 2.45) is 11.8 Å². The van der Waals surface area contributed by atoms with Crippen LogP contribution in [0, 0.1) is 11.8 Å². The number of carboxylic acids is 1. The SMILES string of the molecule is O=C(O)CCCCCCC1C2CCC(O2)C1CNNC(=S)Cc1ccccc1. The molecule has 2 aliphatic rings. The van der Waals surface area contributed by atoms with Gasteiger partial charge in [-0.3, -0.25) is 4.79 Å². The molecule has 28 heavy (non-hydrogen) atoms. The first-order valence-corrected chi connectivity index (χ1v) is 11.0. The number of hydrogen-bond acceptors (Lipinski definition) is 4. The third-order valence-corrected chi connectivity index (χ3v) is 6.29. The van der Waals surface area contributed by atoms with Gasteiger partial charge >= 0.3 is 5.97 Å². The standard InChI is InChI=1S/C22H32N2O3S/c25-22(26)11-7-2-1-6-10-17-18(20-13-12-19(17)27-20)15-23-24-21(28)14-16-8-4-3-5-9-16/h3-5,8-9,17-20,23H,1-2,6-7,10-15H2,(H,24,28)(H,25,26). The van der Waals surface area contributed by atoms with E-state index in [1.165, 1.54) is 24.8 Å². The summed E-state index contributed by atoms with van der Waals surface area (Å²) in [6.07, 6.45) is 9.41. The molecule has 0 saturated carbocycles. The van der Waals surface area contributed by atoms with Crippen LogP contribution in [0.1, 0.15) is 56.9 Å². The van der Waals surface area contributed by atoms with E-state index in [1.807, 2.05) is 18.2 Å². The fourth-order valence-corrected chi connectivity index (χ4v) is 4.89. The lowest BCUT2D eigenvalue weighted by Crippen LogP contribution is -2.44. The highest BCUT2D eigenvalue weighted by Crippen LogP contribution is 2.45. The summed E-state index contributed by atoms with van der Waals surface area (Å²) in [4.78, 5) is 11.4. The predicted octanol–water partition coefficient (Wildman–Crippen LogP) is 3.87. The second-order valence-corrected chi connectivity index (χ2v) is 8.55. The third-order valence-electron chi connectivity index (χ3n) is 6.04. The third kappa shape index (κ3) is 6.26. The number of carbonyl (C=O) groups is 1. The molecule has 0 aliphatic carbocycles. The van der Waals surface area contributed by atoms with Gasteiger partial charge in [0.15, 0.2) is 0 Å². The van der Waals surface area contributed by atoms with Crippen molar-refractivity contribution in [2.75, 3.05) is 6.54 Å². The quantitative estimate of drug-likeness (QED) is 0.279. The number of carboxylic acid groups (broad SMARTS) is 1. The molecular weight excluding hydrogens is 372 g/mol. The van der Waals surface area contributed by atoms with Crippen LogP contribution in [-0.2, 0) is 16.0 Å². The van der Waals surface area contributed by atoms with Gasteiger partial charge in [0.1, 0.15) is 0 Å². The molecule has 2 aliphatic heterocycles. The molecule has 2 bridgehead atoms. The highest BCUT2D eigenvalue weighted by Gasteiger charge is 2.47. The molecule has 3 N–H and O–H groups in total. The van der Waals surface area contributed by atoms with E-state index in [1.54, 1.807) is 0 Å².